The highest BCUT2D eigenvalue weighted by Crippen LogP contribution is 2.31. The normalized spacial score (nSPS) is 29.5. The zero-order valence-corrected chi connectivity index (χ0v) is 9.27. The van der Waals surface area contributed by atoms with Gasteiger partial charge < -0.3 is 11.1 Å². The SMILES string of the molecule is CC(C)(C)CC1CCNC1CCN. The van der Waals surface area contributed by atoms with Crippen molar-refractivity contribution >= 4 is 0 Å². The number of rotatable bonds is 3. The molecule has 1 aliphatic heterocycles. The van der Waals surface area contributed by atoms with Crippen LogP contribution in [0.5, 0.6) is 0 Å². The molecule has 0 radical (unpaired) electrons. The van der Waals surface area contributed by atoms with E-state index in [0.29, 0.717) is 11.5 Å². The summed E-state index contributed by atoms with van der Waals surface area (Å²) in [6.07, 6.45) is 3.80. The van der Waals surface area contributed by atoms with Gasteiger partial charge in [0.2, 0.25) is 0 Å². The topological polar surface area (TPSA) is 38.0 Å². The Bertz CT molecular complexity index is 149. The average molecular weight is 184 g/mol. The second kappa shape index (κ2) is 4.43. The molecule has 0 aromatic heterocycles. The quantitative estimate of drug-likeness (QED) is 0.701. The third-order valence-electron chi connectivity index (χ3n) is 2.84. The highest BCUT2D eigenvalue weighted by molar-refractivity contribution is 4.86. The summed E-state index contributed by atoms with van der Waals surface area (Å²) in [5, 5.41) is 3.55. The van der Waals surface area contributed by atoms with Crippen molar-refractivity contribution in [2.24, 2.45) is 17.1 Å². The van der Waals surface area contributed by atoms with E-state index < -0.39 is 0 Å². The predicted octanol–water partition coefficient (Wildman–Crippen LogP) is 1.75. The maximum atomic E-state index is 5.59. The zero-order chi connectivity index (χ0) is 9.90. The minimum atomic E-state index is 0.462. The van der Waals surface area contributed by atoms with Crippen LogP contribution in [0.2, 0.25) is 0 Å². The van der Waals surface area contributed by atoms with E-state index >= 15 is 0 Å². The molecule has 0 bridgehead atoms. The van der Waals surface area contributed by atoms with E-state index in [9.17, 15) is 0 Å². The molecule has 0 aliphatic carbocycles. The molecule has 0 saturated carbocycles. The lowest BCUT2D eigenvalue weighted by atomic mass is 9.81. The monoisotopic (exact) mass is 184 g/mol. The van der Waals surface area contributed by atoms with Crippen LogP contribution < -0.4 is 11.1 Å². The first-order valence-corrected chi connectivity index (χ1v) is 5.46. The summed E-state index contributed by atoms with van der Waals surface area (Å²) in [6.45, 7) is 8.98. The van der Waals surface area contributed by atoms with E-state index in [1.165, 1.54) is 19.4 Å². The molecule has 1 aliphatic rings. The van der Waals surface area contributed by atoms with Crippen molar-refractivity contribution in [2.45, 2.75) is 46.1 Å². The Morgan fingerprint density at radius 1 is 1.38 bits per heavy atom. The van der Waals surface area contributed by atoms with Gasteiger partial charge in [-0.1, -0.05) is 20.8 Å². The first kappa shape index (κ1) is 11.0. The molecule has 1 saturated heterocycles. The third-order valence-corrected chi connectivity index (χ3v) is 2.84. The minimum absolute atomic E-state index is 0.462. The van der Waals surface area contributed by atoms with Gasteiger partial charge in [0.15, 0.2) is 0 Å². The van der Waals surface area contributed by atoms with Gasteiger partial charge in [-0.2, -0.15) is 0 Å². The van der Waals surface area contributed by atoms with Gasteiger partial charge in [-0.15, -0.1) is 0 Å². The second-order valence-corrected chi connectivity index (χ2v) is 5.45. The van der Waals surface area contributed by atoms with Crippen LogP contribution in [0.1, 0.15) is 40.0 Å². The van der Waals surface area contributed by atoms with Crippen LogP contribution >= 0.6 is 0 Å². The Morgan fingerprint density at radius 3 is 2.62 bits per heavy atom. The predicted molar refractivity (Wildman–Crippen MR) is 57.6 cm³/mol. The molecule has 2 unspecified atom stereocenters. The molecule has 13 heavy (non-hydrogen) atoms. The van der Waals surface area contributed by atoms with Crippen LogP contribution in [0.4, 0.5) is 0 Å². The lowest BCUT2D eigenvalue weighted by Gasteiger charge is -2.26. The van der Waals surface area contributed by atoms with Crippen LogP contribution in [0.15, 0.2) is 0 Å². The standard InChI is InChI=1S/C11H24N2/c1-11(2,3)8-9-5-7-13-10(9)4-6-12/h9-10,13H,4-8,12H2,1-3H3. The number of nitrogens with two attached hydrogens (primary N) is 1. The Balaban J connectivity index is 2.39. The summed E-state index contributed by atoms with van der Waals surface area (Å²) in [7, 11) is 0. The van der Waals surface area contributed by atoms with E-state index in [1.807, 2.05) is 0 Å². The molecule has 0 aromatic rings. The van der Waals surface area contributed by atoms with Gasteiger partial charge in [0.25, 0.3) is 0 Å². The van der Waals surface area contributed by atoms with E-state index in [2.05, 4.69) is 26.1 Å². The van der Waals surface area contributed by atoms with Crippen LogP contribution in [0.3, 0.4) is 0 Å². The summed E-state index contributed by atoms with van der Waals surface area (Å²) < 4.78 is 0. The van der Waals surface area contributed by atoms with Gasteiger partial charge >= 0.3 is 0 Å². The van der Waals surface area contributed by atoms with Gasteiger partial charge in [0, 0.05) is 6.04 Å². The molecule has 2 heteroatoms. The van der Waals surface area contributed by atoms with Crippen molar-refractivity contribution in [3.8, 4) is 0 Å². The van der Waals surface area contributed by atoms with Crippen LogP contribution in [0, 0.1) is 11.3 Å². The van der Waals surface area contributed by atoms with E-state index in [1.54, 1.807) is 0 Å². The molecule has 2 nitrogen and oxygen atoms in total. The van der Waals surface area contributed by atoms with Crippen molar-refractivity contribution in [3.05, 3.63) is 0 Å². The Hall–Kier alpha value is -0.0800. The summed E-state index contributed by atoms with van der Waals surface area (Å²) in [6, 6.07) is 0.684. The van der Waals surface area contributed by atoms with Gasteiger partial charge in [0.1, 0.15) is 0 Å². The Kier molecular flexibility index (Phi) is 3.74. The fourth-order valence-electron chi connectivity index (χ4n) is 2.37. The molecule has 0 spiro atoms. The Labute approximate surface area is 82.3 Å². The molecular weight excluding hydrogens is 160 g/mol. The molecule has 1 rings (SSSR count). The molecule has 78 valence electrons. The lowest BCUT2D eigenvalue weighted by molar-refractivity contribution is 0.269. The molecule has 0 aromatic carbocycles. The highest BCUT2D eigenvalue weighted by Gasteiger charge is 2.29. The molecule has 3 N–H and O–H groups in total. The minimum Gasteiger partial charge on any atom is -0.330 e. The average Bonchev–Trinajstić information content (AvgIpc) is 2.34. The van der Waals surface area contributed by atoms with Crippen molar-refractivity contribution in [2.75, 3.05) is 13.1 Å². The van der Waals surface area contributed by atoms with E-state index in [-0.39, 0.29) is 0 Å². The largest absolute Gasteiger partial charge is 0.330 e. The third kappa shape index (κ3) is 3.65. The maximum absolute atomic E-state index is 5.59. The molecule has 2 atom stereocenters. The van der Waals surface area contributed by atoms with Crippen LogP contribution in [-0.2, 0) is 0 Å². The van der Waals surface area contributed by atoms with Crippen molar-refractivity contribution in [1.29, 1.82) is 0 Å². The fourth-order valence-corrected chi connectivity index (χ4v) is 2.37. The van der Waals surface area contributed by atoms with Gasteiger partial charge in [-0.25, -0.2) is 0 Å². The molecule has 0 amide bonds. The van der Waals surface area contributed by atoms with Crippen molar-refractivity contribution in [1.82, 2.24) is 5.32 Å². The van der Waals surface area contributed by atoms with Crippen LogP contribution in [-0.4, -0.2) is 19.1 Å². The first-order chi connectivity index (χ1) is 6.03. The zero-order valence-electron chi connectivity index (χ0n) is 9.27. The summed E-state index contributed by atoms with van der Waals surface area (Å²) in [5.74, 6) is 0.851. The molecule has 1 fully saturated rings. The van der Waals surface area contributed by atoms with E-state index in [4.69, 9.17) is 5.73 Å². The fraction of sp³-hybridized carbons (Fsp3) is 1.00. The lowest BCUT2D eigenvalue weighted by Crippen LogP contribution is -2.31. The summed E-state index contributed by atoms with van der Waals surface area (Å²) in [4.78, 5) is 0. The number of hydrogen-bond donors (Lipinski definition) is 2. The molecular formula is C11H24N2. The second-order valence-electron chi connectivity index (χ2n) is 5.45. The summed E-state index contributed by atoms with van der Waals surface area (Å²) >= 11 is 0. The first-order valence-electron chi connectivity index (χ1n) is 5.46. The van der Waals surface area contributed by atoms with Gasteiger partial charge in [-0.05, 0) is 43.7 Å². The van der Waals surface area contributed by atoms with Gasteiger partial charge in [0.05, 0.1) is 0 Å². The van der Waals surface area contributed by atoms with Crippen molar-refractivity contribution in [3.63, 3.8) is 0 Å². The van der Waals surface area contributed by atoms with Crippen molar-refractivity contribution < 1.29 is 0 Å². The summed E-state index contributed by atoms with van der Waals surface area (Å²) in [5.41, 5.74) is 6.06. The Morgan fingerprint density at radius 2 is 2.08 bits per heavy atom. The van der Waals surface area contributed by atoms with E-state index in [0.717, 1.165) is 18.9 Å². The molecule has 1 heterocycles. The smallest absolute Gasteiger partial charge is 0.0108 e. The maximum Gasteiger partial charge on any atom is 0.0108 e. The number of hydrogen-bond acceptors (Lipinski definition) is 2. The number of nitrogens with one attached hydrogen (secondary N) is 1. The van der Waals surface area contributed by atoms with Gasteiger partial charge in [-0.3, -0.25) is 0 Å². The highest BCUT2D eigenvalue weighted by atomic mass is 15.0. The van der Waals surface area contributed by atoms with Crippen LogP contribution in [0.25, 0.3) is 0 Å².